The van der Waals surface area contributed by atoms with Gasteiger partial charge in [-0.25, -0.2) is 4.39 Å². The van der Waals surface area contributed by atoms with E-state index in [-0.39, 0.29) is 18.4 Å². The van der Waals surface area contributed by atoms with Crippen LogP contribution in [0.5, 0.6) is 0 Å². The summed E-state index contributed by atoms with van der Waals surface area (Å²) in [5.74, 6) is 0.0861. The minimum absolute atomic E-state index is 0.247. The average molecular weight is 420 g/mol. The normalized spacial score (nSPS) is 28.1. The highest BCUT2D eigenvalue weighted by Crippen LogP contribution is 2.47. The Hall–Kier alpha value is -1.20. The smallest absolute Gasteiger partial charge is 0.303 e. The third-order valence-corrected chi connectivity index (χ3v) is 8.89. The number of hydrogen-bond acceptors (Lipinski definition) is 2. The predicted molar refractivity (Wildman–Crippen MR) is 120 cm³/mol. The maximum absolute atomic E-state index is 13.0. The first-order valence-corrected chi connectivity index (χ1v) is 15.1. The lowest BCUT2D eigenvalue weighted by molar-refractivity contribution is -0.140. The zero-order chi connectivity index (χ0) is 21.0. The first kappa shape index (κ1) is 22.5. The van der Waals surface area contributed by atoms with E-state index in [1.54, 1.807) is 0 Å². The molecular formula is C24H38FNO2Si. The summed E-state index contributed by atoms with van der Waals surface area (Å²) in [5, 5.41) is 9.53. The molecule has 1 aromatic carbocycles. The van der Waals surface area contributed by atoms with Crippen LogP contribution in [0, 0.1) is 11.8 Å². The van der Waals surface area contributed by atoms with Crippen LogP contribution in [0.3, 0.4) is 0 Å². The summed E-state index contributed by atoms with van der Waals surface area (Å²) in [6.07, 6.45) is 7.25. The van der Waals surface area contributed by atoms with Crippen molar-refractivity contribution in [3.63, 3.8) is 0 Å². The van der Waals surface area contributed by atoms with Gasteiger partial charge in [0.15, 0.2) is 0 Å². The molecule has 1 aromatic rings. The van der Waals surface area contributed by atoms with E-state index in [9.17, 15) is 14.3 Å². The number of fused-ring (bicyclic) bond motifs is 1. The first-order valence-electron chi connectivity index (χ1n) is 11.4. The summed E-state index contributed by atoms with van der Waals surface area (Å²) >= 11 is 0. The molecule has 0 spiro atoms. The number of rotatable bonds is 8. The van der Waals surface area contributed by atoms with Crippen molar-refractivity contribution in [1.29, 1.82) is 0 Å². The molecular weight excluding hydrogens is 381 g/mol. The molecule has 162 valence electrons. The zero-order valence-corrected chi connectivity index (χ0v) is 19.4. The monoisotopic (exact) mass is 419 g/mol. The molecule has 3 rings (SSSR count). The molecule has 0 bridgehead atoms. The van der Waals surface area contributed by atoms with Gasteiger partial charge in [-0.05, 0) is 55.2 Å². The molecule has 1 aliphatic carbocycles. The summed E-state index contributed by atoms with van der Waals surface area (Å²) < 4.78 is 13.0. The lowest BCUT2D eigenvalue weighted by Crippen LogP contribution is -2.52. The number of carboxylic acids is 1. The molecule has 0 amide bonds. The van der Waals surface area contributed by atoms with Crippen molar-refractivity contribution in [3.05, 3.63) is 35.4 Å². The Kier molecular flexibility index (Phi) is 7.55. The standard InChI is InChI=1S/C24H38FNO2Si/c1-29(2,3)14-6-13-26-22-8-5-4-7-21(22)20(16-24(27)28)15-23(26)19-11-9-18(17-25)10-12-19/h9-12,20-23H,4-8,13-17H2,1-3H3,(H,27,28). The fourth-order valence-electron chi connectivity index (χ4n) is 5.66. The van der Waals surface area contributed by atoms with Crippen molar-refractivity contribution in [1.82, 2.24) is 4.90 Å². The van der Waals surface area contributed by atoms with Crippen LogP contribution in [0.15, 0.2) is 24.3 Å². The van der Waals surface area contributed by atoms with E-state index in [4.69, 9.17) is 0 Å². The van der Waals surface area contributed by atoms with Crippen molar-refractivity contribution >= 4 is 14.0 Å². The Balaban J connectivity index is 1.86. The highest BCUT2D eigenvalue weighted by Gasteiger charge is 2.44. The van der Waals surface area contributed by atoms with Crippen LogP contribution in [0.1, 0.15) is 62.1 Å². The molecule has 2 fully saturated rings. The number of likely N-dealkylation sites (tertiary alicyclic amines) is 1. The van der Waals surface area contributed by atoms with Crippen LogP contribution < -0.4 is 0 Å². The third-order valence-electron chi connectivity index (χ3n) is 7.04. The number of hydrogen-bond donors (Lipinski definition) is 1. The number of carboxylic acid groups (broad SMARTS) is 1. The summed E-state index contributed by atoms with van der Waals surface area (Å²) in [5.41, 5.74) is 1.95. The Morgan fingerprint density at radius 2 is 1.86 bits per heavy atom. The highest BCUT2D eigenvalue weighted by molar-refractivity contribution is 6.76. The van der Waals surface area contributed by atoms with Gasteiger partial charge < -0.3 is 5.11 Å². The van der Waals surface area contributed by atoms with E-state index in [2.05, 4.69) is 36.7 Å². The van der Waals surface area contributed by atoms with Crippen LogP contribution in [0.25, 0.3) is 0 Å². The molecule has 5 heteroatoms. The van der Waals surface area contributed by atoms with Gasteiger partial charge >= 0.3 is 5.97 Å². The molecule has 1 heterocycles. The maximum atomic E-state index is 13.0. The number of aliphatic carboxylic acids is 1. The van der Waals surface area contributed by atoms with Crippen molar-refractivity contribution in [2.75, 3.05) is 6.54 Å². The van der Waals surface area contributed by atoms with Crippen LogP contribution in [-0.2, 0) is 11.5 Å². The van der Waals surface area contributed by atoms with Crippen molar-refractivity contribution < 1.29 is 14.3 Å². The quantitative estimate of drug-likeness (QED) is 0.504. The molecule has 0 radical (unpaired) electrons. The van der Waals surface area contributed by atoms with Gasteiger partial charge in [-0.3, -0.25) is 9.69 Å². The maximum Gasteiger partial charge on any atom is 0.303 e. The third kappa shape index (κ3) is 5.91. The Bertz CT molecular complexity index is 672. The first-order chi connectivity index (χ1) is 13.8. The topological polar surface area (TPSA) is 40.5 Å². The largest absolute Gasteiger partial charge is 0.481 e. The molecule has 1 N–H and O–H groups in total. The Labute approximate surface area is 176 Å². The van der Waals surface area contributed by atoms with E-state index in [0.29, 0.717) is 17.5 Å². The number of alkyl halides is 1. The SMILES string of the molecule is C[Si](C)(C)CCCN1C(c2ccc(CF)cc2)CC(CC(=O)O)C2CCCCC21. The molecule has 4 atom stereocenters. The molecule has 0 aromatic heterocycles. The van der Waals surface area contributed by atoms with Crippen LogP contribution in [0.2, 0.25) is 25.7 Å². The molecule has 1 saturated heterocycles. The van der Waals surface area contributed by atoms with Crippen molar-refractivity contribution in [2.24, 2.45) is 11.8 Å². The van der Waals surface area contributed by atoms with E-state index in [0.717, 1.165) is 13.0 Å². The predicted octanol–water partition coefficient (Wildman–Crippen LogP) is 6.28. The van der Waals surface area contributed by atoms with Gasteiger partial charge in [0.2, 0.25) is 0 Å². The number of benzene rings is 1. The molecule has 3 nitrogen and oxygen atoms in total. The van der Waals surface area contributed by atoms with E-state index in [1.165, 1.54) is 43.7 Å². The second-order valence-corrected chi connectivity index (χ2v) is 16.0. The highest BCUT2D eigenvalue weighted by atomic mass is 28.3. The van der Waals surface area contributed by atoms with Crippen LogP contribution in [-0.4, -0.2) is 36.6 Å². The van der Waals surface area contributed by atoms with Gasteiger partial charge in [-0.2, -0.15) is 0 Å². The zero-order valence-electron chi connectivity index (χ0n) is 18.4. The number of carbonyl (C=O) groups is 1. The molecule has 1 saturated carbocycles. The number of nitrogens with zero attached hydrogens (tertiary/aromatic N) is 1. The van der Waals surface area contributed by atoms with Gasteiger partial charge in [0.25, 0.3) is 0 Å². The van der Waals surface area contributed by atoms with Crippen molar-refractivity contribution in [2.45, 2.75) is 89.4 Å². The second kappa shape index (κ2) is 9.74. The number of piperidine rings is 1. The molecule has 4 unspecified atom stereocenters. The Morgan fingerprint density at radius 1 is 1.17 bits per heavy atom. The lowest BCUT2D eigenvalue weighted by Gasteiger charge is -2.52. The van der Waals surface area contributed by atoms with Gasteiger partial charge in [-0.15, -0.1) is 0 Å². The average Bonchev–Trinajstić information content (AvgIpc) is 2.68. The minimum atomic E-state index is -1.08. The van der Waals surface area contributed by atoms with Crippen LogP contribution in [0.4, 0.5) is 4.39 Å². The van der Waals surface area contributed by atoms with Gasteiger partial charge in [-0.1, -0.05) is 62.8 Å². The van der Waals surface area contributed by atoms with Crippen molar-refractivity contribution in [3.8, 4) is 0 Å². The fraction of sp³-hybridized carbons (Fsp3) is 0.708. The molecule has 29 heavy (non-hydrogen) atoms. The van der Waals surface area contributed by atoms with E-state index < -0.39 is 20.7 Å². The fourth-order valence-corrected chi connectivity index (χ4v) is 6.88. The van der Waals surface area contributed by atoms with Crippen LogP contribution >= 0.6 is 0 Å². The summed E-state index contributed by atoms with van der Waals surface area (Å²) in [6, 6.07) is 10.0. The molecule has 2 aliphatic rings. The number of halogens is 1. The van der Waals surface area contributed by atoms with E-state index >= 15 is 0 Å². The molecule has 1 aliphatic heterocycles. The van der Waals surface area contributed by atoms with Gasteiger partial charge in [0.05, 0.1) is 0 Å². The summed E-state index contributed by atoms with van der Waals surface area (Å²) in [6.45, 7) is 7.96. The lowest BCUT2D eigenvalue weighted by atomic mass is 9.68. The van der Waals surface area contributed by atoms with Gasteiger partial charge in [0.1, 0.15) is 6.67 Å². The summed E-state index contributed by atoms with van der Waals surface area (Å²) in [4.78, 5) is 14.3. The van der Waals surface area contributed by atoms with E-state index in [1.807, 2.05) is 12.1 Å². The Morgan fingerprint density at radius 3 is 2.48 bits per heavy atom. The van der Waals surface area contributed by atoms with Gasteiger partial charge in [0, 0.05) is 26.6 Å². The minimum Gasteiger partial charge on any atom is -0.481 e. The summed E-state index contributed by atoms with van der Waals surface area (Å²) in [7, 11) is -1.08. The second-order valence-electron chi connectivity index (χ2n) is 10.4.